The molecule has 1 aliphatic heterocycles. The number of hydrogen-bond donors (Lipinski definition) is 0. The van der Waals surface area contributed by atoms with Gasteiger partial charge in [-0.1, -0.05) is 35.9 Å². The number of anilines is 1. The molecular weight excluding hydrogens is 324 g/mol. The topological polar surface area (TPSA) is 32.8 Å². The molecule has 0 bridgehead atoms. The second-order valence-corrected chi connectivity index (χ2v) is 7.04. The molecule has 1 saturated heterocycles. The van der Waals surface area contributed by atoms with Crippen LogP contribution in [0.5, 0.6) is 5.75 Å². The number of aryl methyl sites for hydroxylation is 1. The van der Waals surface area contributed by atoms with Crippen LogP contribution in [0.15, 0.2) is 48.5 Å². The van der Waals surface area contributed by atoms with Gasteiger partial charge in [0.1, 0.15) is 5.75 Å². The van der Waals surface area contributed by atoms with Crippen LogP contribution in [0, 0.1) is 6.92 Å². The first-order chi connectivity index (χ1) is 12.6. The maximum atomic E-state index is 12.3. The minimum atomic E-state index is 0.122. The van der Waals surface area contributed by atoms with Gasteiger partial charge in [0.05, 0.1) is 7.11 Å². The fourth-order valence-electron chi connectivity index (χ4n) is 3.77. The van der Waals surface area contributed by atoms with Crippen molar-refractivity contribution in [1.29, 1.82) is 0 Å². The van der Waals surface area contributed by atoms with Gasteiger partial charge in [-0.2, -0.15) is 0 Å². The van der Waals surface area contributed by atoms with Crippen LogP contribution in [0.25, 0.3) is 0 Å². The molecule has 0 N–H and O–H groups in total. The van der Waals surface area contributed by atoms with E-state index in [1.54, 1.807) is 14.0 Å². The number of piperidine rings is 1. The van der Waals surface area contributed by atoms with Gasteiger partial charge in [-0.05, 0) is 38.0 Å². The molecule has 3 rings (SSSR count). The lowest BCUT2D eigenvalue weighted by atomic mass is 10.0. The number of methoxy groups -OCH3 is 1. The number of ether oxygens (including phenoxy) is 1. The summed E-state index contributed by atoms with van der Waals surface area (Å²) >= 11 is 0. The Hall–Kier alpha value is -2.33. The number of rotatable bonds is 5. The third-order valence-electron chi connectivity index (χ3n) is 5.16. The Balaban J connectivity index is 1.64. The van der Waals surface area contributed by atoms with Gasteiger partial charge in [-0.3, -0.25) is 9.69 Å². The monoisotopic (exact) mass is 352 g/mol. The Bertz CT molecular complexity index is 734. The Morgan fingerprint density at radius 2 is 1.77 bits per heavy atom. The fraction of sp³-hybridized carbons (Fsp3) is 0.409. The number of carbonyl (C=O) groups is 1. The Labute approximate surface area is 156 Å². The molecule has 0 saturated carbocycles. The molecule has 2 aromatic carbocycles. The molecule has 1 fully saturated rings. The lowest BCUT2D eigenvalue weighted by molar-refractivity contribution is -0.117. The number of carbonyl (C=O) groups excluding carboxylic acids is 1. The normalized spacial score (nSPS) is 15.7. The molecule has 26 heavy (non-hydrogen) atoms. The van der Waals surface area contributed by atoms with Gasteiger partial charge in [0.2, 0.25) is 5.91 Å². The Morgan fingerprint density at radius 3 is 2.38 bits per heavy atom. The summed E-state index contributed by atoms with van der Waals surface area (Å²) < 4.78 is 5.47. The second-order valence-electron chi connectivity index (χ2n) is 7.04. The van der Waals surface area contributed by atoms with Crippen LogP contribution in [0.1, 0.15) is 30.9 Å². The number of benzene rings is 2. The van der Waals surface area contributed by atoms with Crippen molar-refractivity contribution < 1.29 is 9.53 Å². The molecule has 0 radical (unpaired) electrons. The first kappa shape index (κ1) is 18.5. The van der Waals surface area contributed by atoms with E-state index in [0.29, 0.717) is 0 Å². The van der Waals surface area contributed by atoms with Crippen molar-refractivity contribution in [3.05, 3.63) is 59.7 Å². The standard InChI is InChI=1S/C22H28N2O2/c1-17-8-10-20(11-9-17)24(18(2)25)21-12-14-23(15-13-21)16-19-6-4-5-7-22(19)26-3/h4-11,21H,12-16H2,1-3H3. The van der Waals surface area contributed by atoms with Crippen LogP contribution < -0.4 is 9.64 Å². The van der Waals surface area contributed by atoms with Gasteiger partial charge in [-0.15, -0.1) is 0 Å². The SMILES string of the molecule is COc1ccccc1CN1CCC(N(C(C)=O)c2ccc(C)cc2)CC1. The van der Waals surface area contributed by atoms with Crippen LogP contribution in [0.3, 0.4) is 0 Å². The Morgan fingerprint density at radius 1 is 1.12 bits per heavy atom. The van der Waals surface area contributed by atoms with E-state index in [0.717, 1.165) is 43.9 Å². The molecule has 0 aliphatic carbocycles. The minimum Gasteiger partial charge on any atom is -0.496 e. The molecule has 138 valence electrons. The van der Waals surface area contributed by atoms with Gasteiger partial charge < -0.3 is 9.64 Å². The molecule has 0 unspecified atom stereocenters. The van der Waals surface area contributed by atoms with E-state index in [2.05, 4.69) is 48.2 Å². The molecule has 4 heteroatoms. The molecule has 1 amide bonds. The van der Waals surface area contributed by atoms with E-state index < -0.39 is 0 Å². The van der Waals surface area contributed by atoms with E-state index in [9.17, 15) is 4.79 Å². The number of hydrogen-bond acceptors (Lipinski definition) is 3. The zero-order valence-corrected chi connectivity index (χ0v) is 15.9. The third kappa shape index (κ3) is 4.25. The van der Waals surface area contributed by atoms with Gasteiger partial charge in [0.25, 0.3) is 0 Å². The number of nitrogens with zero attached hydrogens (tertiary/aromatic N) is 2. The van der Waals surface area contributed by atoms with Gasteiger partial charge in [0.15, 0.2) is 0 Å². The van der Waals surface area contributed by atoms with Crippen molar-refractivity contribution >= 4 is 11.6 Å². The average Bonchev–Trinajstić information content (AvgIpc) is 2.65. The van der Waals surface area contributed by atoms with Gasteiger partial charge in [0, 0.05) is 43.9 Å². The first-order valence-corrected chi connectivity index (χ1v) is 9.29. The van der Waals surface area contributed by atoms with Crippen molar-refractivity contribution in [2.45, 2.75) is 39.3 Å². The van der Waals surface area contributed by atoms with Crippen LogP contribution in [0.4, 0.5) is 5.69 Å². The Kier molecular flexibility index (Phi) is 5.94. The summed E-state index contributed by atoms with van der Waals surface area (Å²) in [5, 5.41) is 0. The highest BCUT2D eigenvalue weighted by Gasteiger charge is 2.27. The fourth-order valence-corrected chi connectivity index (χ4v) is 3.77. The molecule has 1 heterocycles. The third-order valence-corrected chi connectivity index (χ3v) is 5.16. The summed E-state index contributed by atoms with van der Waals surface area (Å²) in [7, 11) is 1.72. The van der Waals surface area contributed by atoms with Gasteiger partial charge >= 0.3 is 0 Å². The maximum Gasteiger partial charge on any atom is 0.224 e. The first-order valence-electron chi connectivity index (χ1n) is 9.29. The zero-order chi connectivity index (χ0) is 18.5. The highest BCUT2D eigenvalue weighted by molar-refractivity contribution is 5.92. The van der Waals surface area contributed by atoms with Crippen molar-refractivity contribution in [2.24, 2.45) is 0 Å². The largest absolute Gasteiger partial charge is 0.496 e. The molecule has 0 aromatic heterocycles. The predicted octanol–water partition coefficient (Wildman–Crippen LogP) is 4.02. The minimum absolute atomic E-state index is 0.122. The lowest BCUT2D eigenvalue weighted by Gasteiger charge is -2.38. The maximum absolute atomic E-state index is 12.3. The average molecular weight is 352 g/mol. The quantitative estimate of drug-likeness (QED) is 0.815. The van der Waals surface area contributed by atoms with Crippen LogP contribution >= 0.6 is 0 Å². The van der Waals surface area contributed by atoms with Crippen molar-refractivity contribution in [2.75, 3.05) is 25.1 Å². The van der Waals surface area contributed by atoms with Crippen molar-refractivity contribution in [3.63, 3.8) is 0 Å². The van der Waals surface area contributed by atoms with Crippen molar-refractivity contribution in [3.8, 4) is 5.75 Å². The van der Waals surface area contributed by atoms with Crippen LogP contribution in [0.2, 0.25) is 0 Å². The molecule has 1 aliphatic rings. The summed E-state index contributed by atoms with van der Waals surface area (Å²) in [5.41, 5.74) is 3.44. The number of likely N-dealkylation sites (tertiary alicyclic amines) is 1. The summed E-state index contributed by atoms with van der Waals surface area (Å²) in [6.45, 7) is 6.59. The molecule has 0 spiro atoms. The smallest absolute Gasteiger partial charge is 0.224 e. The van der Waals surface area contributed by atoms with E-state index in [1.165, 1.54) is 11.1 Å². The van der Waals surface area contributed by atoms with Gasteiger partial charge in [-0.25, -0.2) is 0 Å². The second kappa shape index (κ2) is 8.37. The van der Waals surface area contributed by atoms with E-state index in [1.807, 2.05) is 17.0 Å². The van der Waals surface area contributed by atoms with E-state index in [-0.39, 0.29) is 11.9 Å². The molecule has 2 aromatic rings. The molecule has 4 nitrogen and oxygen atoms in total. The highest BCUT2D eigenvalue weighted by atomic mass is 16.5. The number of amides is 1. The van der Waals surface area contributed by atoms with Crippen molar-refractivity contribution in [1.82, 2.24) is 4.90 Å². The molecular formula is C22H28N2O2. The molecule has 0 atom stereocenters. The number of para-hydroxylation sites is 1. The summed E-state index contributed by atoms with van der Waals surface area (Å²) in [4.78, 5) is 16.7. The van der Waals surface area contributed by atoms with E-state index >= 15 is 0 Å². The lowest BCUT2D eigenvalue weighted by Crippen LogP contribution is -2.46. The summed E-state index contributed by atoms with van der Waals surface area (Å²) in [5.74, 6) is 1.07. The van der Waals surface area contributed by atoms with E-state index in [4.69, 9.17) is 4.74 Å². The highest BCUT2D eigenvalue weighted by Crippen LogP contribution is 2.26. The summed E-state index contributed by atoms with van der Waals surface area (Å²) in [6.07, 6.45) is 1.98. The predicted molar refractivity (Wildman–Crippen MR) is 106 cm³/mol. The van der Waals surface area contributed by atoms with Crippen LogP contribution in [-0.2, 0) is 11.3 Å². The van der Waals surface area contributed by atoms with Crippen LogP contribution in [-0.4, -0.2) is 37.0 Å². The zero-order valence-electron chi connectivity index (χ0n) is 15.9. The summed E-state index contributed by atoms with van der Waals surface area (Å²) in [6, 6.07) is 16.7.